The van der Waals surface area contributed by atoms with E-state index < -0.39 is 41.3 Å². The van der Waals surface area contributed by atoms with Crippen molar-refractivity contribution in [1.29, 1.82) is 5.41 Å². The fourth-order valence-electron chi connectivity index (χ4n) is 0.924. The first-order chi connectivity index (χ1) is 6.90. The summed E-state index contributed by atoms with van der Waals surface area (Å²) >= 11 is -2.56. The van der Waals surface area contributed by atoms with Gasteiger partial charge in [0.25, 0.3) is 0 Å². The Kier molecular flexibility index (Phi) is 5.90. The average molecular weight is 236 g/mol. The third kappa shape index (κ3) is 4.77. The first-order valence-corrected chi connectivity index (χ1v) is 5.08. The van der Waals surface area contributed by atoms with Gasteiger partial charge in [0.15, 0.2) is 0 Å². The van der Waals surface area contributed by atoms with Crippen molar-refractivity contribution in [2.45, 2.75) is 13.3 Å². The highest BCUT2D eigenvalue weighted by Gasteiger charge is 2.24. The Morgan fingerprint density at radius 2 is 2.13 bits per heavy atom. The number of nitrogens with two attached hydrogens (primary N) is 1. The zero-order chi connectivity index (χ0) is 12.0. The lowest BCUT2D eigenvalue weighted by atomic mass is 9.97. The standard InChI is InChI=1S/C7H12N2O5S/c1-2-4(7(9)11)6(8)5(10)3-14-15(12)13/h4,8H,2-3H2,1H3,(H2,9,11)(H,12,13). The minimum Gasteiger partial charge on any atom is -0.369 e. The monoisotopic (exact) mass is 236 g/mol. The molecule has 0 aromatic heterocycles. The molecule has 2 unspecified atom stereocenters. The summed E-state index contributed by atoms with van der Waals surface area (Å²) < 4.78 is 22.4. The van der Waals surface area contributed by atoms with Crippen LogP contribution in [-0.4, -0.2) is 32.8 Å². The predicted octanol–water partition coefficient (Wildman–Crippen LogP) is -0.760. The average Bonchev–Trinajstić information content (AvgIpc) is 2.14. The Balaban J connectivity index is 4.36. The highest BCUT2D eigenvalue weighted by atomic mass is 32.2. The summed E-state index contributed by atoms with van der Waals surface area (Å²) in [5.74, 6) is -2.59. The molecule has 0 spiro atoms. The van der Waals surface area contributed by atoms with Gasteiger partial charge in [0.05, 0.1) is 11.6 Å². The van der Waals surface area contributed by atoms with Crippen molar-refractivity contribution >= 4 is 28.8 Å². The predicted molar refractivity (Wildman–Crippen MR) is 52.4 cm³/mol. The molecular formula is C7H12N2O5S. The normalized spacial score (nSPS) is 14.3. The van der Waals surface area contributed by atoms with Crippen molar-refractivity contribution in [3.63, 3.8) is 0 Å². The highest BCUT2D eigenvalue weighted by Crippen LogP contribution is 2.04. The zero-order valence-electron chi connectivity index (χ0n) is 8.06. The molecular weight excluding hydrogens is 224 g/mol. The van der Waals surface area contributed by atoms with E-state index in [-0.39, 0.29) is 6.42 Å². The maximum absolute atomic E-state index is 11.1. The molecule has 7 nitrogen and oxygen atoms in total. The maximum Gasteiger partial charge on any atom is 0.302 e. The summed E-state index contributed by atoms with van der Waals surface area (Å²) in [7, 11) is 0. The second-order valence-corrected chi connectivity index (χ2v) is 3.35. The number of nitrogens with one attached hydrogen (secondary N) is 1. The number of primary amides is 1. The number of carbonyl (C=O) groups is 2. The SMILES string of the molecule is CCC(C(=N)C(=O)COS(=O)O)C(N)=O. The van der Waals surface area contributed by atoms with E-state index in [2.05, 4.69) is 4.18 Å². The van der Waals surface area contributed by atoms with Gasteiger partial charge in [-0.05, 0) is 6.42 Å². The van der Waals surface area contributed by atoms with Crippen molar-refractivity contribution in [2.75, 3.05) is 6.61 Å². The smallest absolute Gasteiger partial charge is 0.302 e. The summed E-state index contributed by atoms with van der Waals surface area (Å²) in [4.78, 5) is 21.9. The minimum atomic E-state index is -2.56. The highest BCUT2D eigenvalue weighted by molar-refractivity contribution is 7.74. The van der Waals surface area contributed by atoms with Crippen LogP contribution in [-0.2, 0) is 25.1 Å². The van der Waals surface area contributed by atoms with Crippen LogP contribution < -0.4 is 5.73 Å². The summed E-state index contributed by atoms with van der Waals surface area (Å²) in [6, 6.07) is 0. The van der Waals surface area contributed by atoms with Crippen LogP contribution in [0.15, 0.2) is 0 Å². The topological polar surface area (TPSA) is 131 Å². The van der Waals surface area contributed by atoms with Gasteiger partial charge in [0, 0.05) is 0 Å². The number of carbonyl (C=O) groups excluding carboxylic acids is 2. The van der Waals surface area contributed by atoms with Gasteiger partial charge in [-0.1, -0.05) is 6.92 Å². The van der Waals surface area contributed by atoms with Gasteiger partial charge >= 0.3 is 11.4 Å². The molecule has 0 aliphatic carbocycles. The first-order valence-electron chi connectivity index (χ1n) is 4.05. The van der Waals surface area contributed by atoms with Gasteiger partial charge in [0.2, 0.25) is 11.7 Å². The van der Waals surface area contributed by atoms with Gasteiger partial charge < -0.3 is 11.1 Å². The van der Waals surface area contributed by atoms with E-state index in [1.165, 1.54) is 0 Å². The van der Waals surface area contributed by atoms with Crippen LogP contribution in [0.3, 0.4) is 0 Å². The van der Waals surface area contributed by atoms with E-state index in [1.54, 1.807) is 6.92 Å². The number of rotatable bonds is 7. The molecule has 0 saturated carbocycles. The van der Waals surface area contributed by atoms with Gasteiger partial charge in [-0.15, -0.1) is 0 Å². The van der Waals surface area contributed by atoms with Crippen LogP contribution in [0.5, 0.6) is 0 Å². The van der Waals surface area contributed by atoms with E-state index in [0.717, 1.165) is 0 Å². The van der Waals surface area contributed by atoms with Crippen molar-refractivity contribution in [2.24, 2.45) is 11.7 Å². The van der Waals surface area contributed by atoms with Crippen molar-refractivity contribution in [3.05, 3.63) is 0 Å². The van der Waals surface area contributed by atoms with Crippen LogP contribution >= 0.6 is 0 Å². The number of Topliss-reactive ketones (excluding diaryl/α,β-unsaturated/α-hetero) is 1. The number of ketones is 1. The van der Waals surface area contributed by atoms with Gasteiger partial charge in [-0.3, -0.25) is 18.3 Å². The van der Waals surface area contributed by atoms with Crippen molar-refractivity contribution in [1.82, 2.24) is 0 Å². The molecule has 0 rings (SSSR count). The second kappa shape index (κ2) is 6.38. The quantitative estimate of drug-likeness (QED) is 0.395. The van der Waals surface area contributed by atoms with E-state index in [1.807, 2.05) is 0 Å². The molecule has 15 heavy (non-hydrogen) atoms. The Morgan fingerprint density at radius 1 is 1.60 bits per heavy atom. The van der Waals surface area contributed by atoms with E-state index in [4.69, 9.17) is 15.7 Å². The third-order valence-electron chi connectivity index (χ3n) is 1.69. The van der Waals surface area contributed by atoms with Gasteiger partial charge in [0.1, 0.15) is 6.61 Å². The van der Waals surface area contributed by atoms with E-state index in [0.29, 0.717) is 0 Å². The Labute approximate surface area is 89.0 Å². The Hall–Kier alpha value is -1.12. The molecule has 0 bridgehead atoms. The fraction of sp³-hybridized carbons (Fsp3) is 0.571. The minimum absolute atomic E-state index is 0.224. The van der Waals surface area contributed by atoms with Gasteiger partial charge in [-0.25, -0.2) is 0 Å². The fourth-order valence-corrected chi connectivity index (χ4v) is 1.13. The molecule has 4 N–H and O–H groups in total. The van der Waals surface area contributed by atoms with Crippen LogP contribution in [0.25, 0.3) is 0 Å². The second-order valence-electron chi connectivity index (χ2n) is 2.68. The molecule has 0 saturated heterocycles. The molecule has 1 amide bonds. The molecule has 0 aliphatic heterocycles. The number of hydrogen-bond acceptors (Lipinski definition) is 5. The lowest BCUT2D eigenvalue weighted by Crippen LogP contribution is -2.35. The molecule has 0 aromatic rings. The van der Waals surface area contributed by atoms with Crippen LogP contribution in [0, 0.1) is 11.3 Å². The summed E-state index contributed by atoms with van der Waals surface area (Å²) in [6.45, 7) is 0.883. The van der Waals surface area contributed by atoms with Gasteiger partial charge in [-0.2, -0.15) is 4.21 Å². The Morgan fingerprint density at radius 3 is 2.47 bits per heavy atom. The molecule has 0 aromatic carbocycles. The molecule has 2 atom stereocenters. The molecule has 0 heterocycles. The third-order valence-corrected chi connectivity index (χ3v) is 2.01. The summed E-state index contributed by atoms with van der Waals surface area (Å²) in [5, 5.41) is 7.32. The Bertz CT molecular complexity index is 304. The maximum atomic E-state index is 11.1. The van der Waals surface area contributed by atoms with Crippen LogP contribution in [0.4, 0.5) is 0 Å². The lowest BCUT2D eigenvalue weighted by Gasteiger charge is -2.10. The van der Waals surface area contributed by atoms with Crippen molar-refractivity contribution in [3.8, 4) is 0 Å². The van der Waals surface area contributed by atoms with Crippen molar-refractivity contribution < 1.29 is 22.5 Å². The van der Waals surface area contributed by atoms with Crippen LogP contribution in [0.2, 0.25) is 0 Å². The molecule has 0 radical (unpaired) electrons. The molecule has 0 aliphatic rings. The zero-order valence-corrected chi connectivity index (χ0v) is 8.87. The van der Waals surface area contributed by atoms with E-state index >= 15 is 0 Å². The summed E-state index contributed by atoms with van der Waals surface area (Å²) in [5.41, 5.74) is 4.46. The summed E-state index contributed by atoms with van der Waals surface area (Å²) in [6.07, 6.45) is 0.224. The molecule has 0 fully saturated rings. The van der Waals surface area contributed by atoms with E-state index in [9.17, 15) is 13.8 Å². The number of amides is 1. The largest absolute Gasteiger partial charge is 0.369 e. The number of hydrogen-bond donors (Lipinski definition) is 3. The first kappa shape index (κ1) is 13.9. The molecule has 86 valence electrons. The van der Waals surface area contributed by atoms with Crippen LogP contribution in [0.1, 0.15) is 13.3 Å². The molecule has 8 heteroatoms. The lowest BCUT2D eigenvalue weighted by molar-refractivity contribution is -0.121.